The van der Waals surface area contributed by atoms with Gasteiger partial charge in [-0.1, -0.05) is 25.1 Å². The summed E-state index contributed by atoms with van der Waals surface area (Å²) in [7, 11) is 0. The molecule has 1 saturated heterocycles. The van der Waals surface area contributed by atoms with Crippen LogP contribution in [0.2, 0.25) is 0 Å². The number of primary amides is 1. The van der Waals surface area contributed by atoms with Crippen molar-refractivity contribution in [1.82, 2.24) is 9.88 Å². The minimum absolute atomic E-state index is 0.267. The molecule has 0 unspecified atom stereocenters. The number of hydrogen-bond acceptors (Lipinski definition) is 4. The number of anilines is 2. The molecule has 2 aliphatic heterocycles. The molecule has 1 fully saturated rings. The predicted molar refractivity (Wildman–Crippen MR) is 124 cm³/mol. The maximum atomic E-state index is 10.7. The predicted octanol–water partition coefficient (Wildman–Crippen LogP) is 2.84. The van der Waals surface area contributed by atoms with Gasteiger partial charge in [0.25, 0.3) is 0 Å². The largest absolute Gasteiger partial charge is 0.369 e. The molecule has 3 N–H and O–H groups in total. The molecule has 3 aromatic rings. The van der Waals surface area contributed by atoms with Crippen LogP contribution in [0.1, 0.15) is 12.5 Å². The molecule has 30 heavy (non-hydrogen) atoms. The van der Waals surface area contributed by atoms with Gasteiger partial charge in [-0.3, -0.25) is 4.79 Å². The lowest BCUT2D eigenvalue weighted by Crippen LogP contribution is -2.46. The van der Waals surface area contributed by atoms with E-state index in [2.05, 4.69) is 52.0 Å². The van der Waals surface area contributed by atoms with E-state index in [0.717, 1.165) is 31.7 Å². The quantitative estimate of drug-likeness (QED) is 0.700. The number of amides is 1. The highest BCUT2D eigenvalue weighted by Crippen LogP contribution is 2.26. The van der Waals surface area contributed by atoms with Crippen LogP contribution in [0.25, 0.3) is 10.9 Å². The summed E-state index contributed by atoms with van der Waals surface area (Å²) >= 11 is 0. The van der Waals surface area contributed by atoms with E-state index in [1.165, 1.54) is 41.8 Å². The average molecular weight is 406 g/mol. The van der Waals surface area contributed by atoms with E-state index in [9.17, 15) is 4.79 Å². The lowest BCUT2D eigenvalue weighted by molar-refractivity contribution is -0.116. The topological polar surface area (TPSA) is 68.6 Å². The van der Waals surface area contributed by atoms with Crippen molar-refractivity contribution in [2.24, 2.45) is 5.73 Å². The summed E-state index contributed by atoms with van der Waals surface area (Å²) in [6.45, 7) is 9.29. The van der Waals surface area contributed by atoms with Gasteiger partial charge in [0.15, 0.2) is 0 Å². The molecule has 5 rings (SSSR count). The SMILES string of the molecule is CCN1CCN(c2ccc3[nH]ccc3c2)CC1.NC(=O)CN1CCc2ccccc21. The van der Waals surface area contributed by atoms with E-state index < -0.39 is 0 Å². The van der Waals surface area contributed by atoms with E-state index in [0.29, 0.717) is 6.54 Å². The highest BCUT2D eigenvalue weighted by atomic mass is 16.1. The molecule has 0 aliphatic carbocycles. The molecule has 2 aromatic carbocycles. The Bertz CT molecular complexity index is 990. The van der Waals surface area contributed by atoms with Gasteiger partial charge in [-0.2, -0.15) is 0 Å². The van der Waals surface area contributed by atoms with E-state index in [4.69, 9.17) is 5.73 Å². The number of aromatic amines is 1. The van der Waals surface area contributed by atoms with E-state index in [-0.39, 0.29) is 5.91 Å². The van der Waals surface area contributed by atoms with Crippen LogP contribution in [0.15, 0.2) is 54.7 Å². The van der Waals surface area contributed by atoms with Crippen LogP contribution in [-0.4, -0.2) is 61.6 Å². The standard InChI is InChI=1S/C14H19N3.C10H12N2O/c1-2-16-7-9-17(10-8-16)13-3-4-14-12(11-13)5-6-15-14;11-10(13)7-12-6-5-8-3-1-2-4-9(8)12/h3-6,11,15H,2,7-10H2,1H3;1-4H,5-7H2,(H2,11,13). The molecule has 2 aliphatic rings. The van der Waals surface area contributed by atoms with Crippen molar-refractivity contribution in [1.29, 1.82) is 0 Å². The van der Waals surface area contributed by atoms with Gasteiger partial charge in [0.1, 0.15) is 0 Å². The number of nitrogens with two attached hydrogens (primary N) is 1. The van der Waals surface area contributed by atoms with E-state index in [1.54, 1.807) is 0 Å². The number of rotatable bonds is 4. The molecule has 0 bridgehead atoms. The Kier molecular flexibility index (Phi) is 6.23. The van der Waals surface area contributed by atoms with Crippen LogP contribution in [0.3, 0.4) is 0 Å². The number of aromatic nitrogens is 1. The normalized spacial score (nSPS) is 16.3. The number of para-hydroxylation sites is 1. The second-order valence-corrected chi connectivity index (χ2v) is 7.94. The first kappa shape index (κ1) is 20.3. The molecule has 1 amide bonds. The Balaban J connectivity index is 0.000000151. The van der Waals surface area contributed by atoms with Crippen molar-refractivity contribution in [3.8, 4) is 0 Å². The summed E-state index contributed by atoms with van der Waals surface area (Å²) in [6, 6.07) is 17.0. The third-order valence-electron chi connectivity index (χ3n) is 6.05. The first-order chi connectivity index (χ1) is 14.6. The van der Waals surface area contributed by atoms with Crippen molar-refractivity contribution >= 4 is 28.2 Å². The summed E-state index contributed by atoms with van der Waals surface area (Å²) in [5.74, 6) is -0.267. The molecule has 1 aromatic heterocycles. The van der Waals surface area contributed by atoms with E-state index >= 15 is 0 Å². The molecule has 158 valence electrons. The van der Waals surface area contributed by atoms with Crippen LogP contribution in [0, 0.1) is 0 Å². The van der Waals surface area contributed by atoms with Gasteiger partial charge in [0.2, 0.25) is 5.91 Å². The van der Waals surface area contributed by atoms with Crippen LogP contribution in [0.5, 0.6) is 0 Å². The van der Waals surface area contributed by atoms with Gasteiger partial charge in [-0.25, -0.2) is 0 Å². The Morgan fingerprint density at radius 2 is 1.83 bits per heavy atom. The number of hydrogen-bond donors (Lipinski definition) is 2. The molecular weight excluding hydrogens is 374 g/mol. The molecule has 6 nitrogen and oxygen atoms in total. The maximum absolute atomic E-state index is 10.7. The number of carbonyl (C=O) groups is 1. The maximum Gasteiger partial charge on any atom is 0.236 e. The lowest BCUT2D eigenvalue weighted by atomic mass is 10.2. The van der Waals surface area contributed by atoms with Gasteiger partial charge in [-0.15, -0.1) is 0 Å². The molecule has 0 spiro atoms. The fourth-order valence-electron chi connectivity index (χ4n) is 4.32. The van der Waals surface area contributed by atoms with Gasteiger partial charge >= 0.3 is 0 Å². The zero-order valence-electron chi connectivity index (χ0n) is 17.7. The highest BCUT2D eigenvalue weighted by Gasteiger charge is 2.19. The smallest absolute Gasteiger partial charge is 0.236 e. The zero-order chi connectivity index (χ0) is 20.9. The summed E-state index contributed by atoms with van der Waals surface area (Å²) in [5.41, 5.74) is 10.2. The van der Waals surface area contributed by atoms with Crippen molar-refractivity contribution in [2.45, 2.75) is 13.3 Å². The molecule has 0 saturated carbocycles. The highest BCUT2D eigenvalue weighted by molar-refractivity contribution is 5.83. The van der Waals surface area contributed by atoms with Gasteiger partial charge in [-0.05, 0) is 48.9 Å². The summed E-state index contributed by atoms with van der Waals surface area (Å²) < 4.78 is 0. The van der Waals surface area contributed by atoms with Crippen molar-refractivity contribution < 1.29 is 4.79 Å². The average Bonchev–Trinajstić information content (AvgIpc) is 3.41. The van der Waals surface area contributed by atoms with Gasteiger partial charge in [0.05, 0.1) is 6.54 Å². The minimum atomic E-state index is -0.267. The monoisotopic (exact) mass is 405 g/mol. The Morgan fingerprint density at radius 3 is 2.60 bits per heavy atom. The first-order valence-electron chi connectivity index (χ1n) is 10.8. The second kappa shape index (κ2) is 9.22. The molecule has 3 heterocycles. The summed E-state index contributed by atoms with van der Waals surface area (Å²) in [6.07, 6.45) is 3.02. The second-order valence-electron chi connectivity index (χ2n) is 7.94. The number of nitrogens with one attached hydrogen (secondary N) is 1. The first-order valence-corrected chi connectivity index (χ1v) is 10.8. The fraction of sp³-hybridized carbons (Fsp3) is 0.375. The molecule has 0 atom stereocenters. The number of piperazine rings is 1. The van der Waals surface area contributed by atoms with Crippen LogP contribution in [0.4, 0.5) is 11.4 Å². The fourth-order valence-corrected chi connectivity index (χ4v) is 4.32. The third-order valence-corrected chi connectivity index (χ3v) is 6.05. The number of benzene rings is 2. The number of nitrogens with zero attached hydrogens (tertiary/aromatic N) is 3. The molecule has 6 heteroatoms. The lowest BCUT2D eigenvalue weighted by Gasteiger charge is -2.35. The van der Waals surface area contributed by atoms with Crippen molar-refractivity contribution in [3.63, 3.8) is 0 Å². The number of H-pyrrole nitrogens is 1. The minimum Gasteiger partial charge on any atom is -0.369 e. The van der Waals surface area contributed by atoms with Crippen LogP contribution < -0.4 is 15.5 Å². The van der Waals surface area contributed by atoms with Crippen molar-refractivity contribution in [2.75, 3.05) is 55.6 Å². The molecule has 0 radical (unpaired) electrons. The van der Waals surface area contributed by atoms with Crippen LogP contribution >= 0.6 is 0 Å². The Labute approximate surface area is 178 Å². The number of likely N-dealkylation sites (N-methyl/N-ethyl adjacent to an activating group) is 1. The number of carbonyl (C=O) groups excluding carboxylic acids is 1. The summed E-state index contributed by atoms with van der Waals surface area (Å²) in [5, 5.41) is 1.31. The number of fused-ring (bicyclic) bond motifs is 2. The third kappa shape index (κ3) is 4.60. The zero-order valence-corrected chi connectivity index (χ0v) is 17.7. The molecular formula is C24H31N5O. The van der Waals surface area contributed by atoms with Crippen LogP contribution in [-0.2, 0) is 11.2 Å². The Hall–Kier alpha value is -2.99. The van der Waals surface area contributed by atoms with E-state index in [1.807, 2.05) is 29.3 Å². The Morgan fingerprint density at radius 1 is 1.03 bits per heavy atom. The summed E-state index contributed by atoms with van der Waals surface area (Å²) in [4.78, 5) is 21.0. The van der Waals surface area contributed by atoms with Gasteiger partial charge in [0, 0.05) is 61.2 Å². The van der Waals surface area contributed by atoms with Crippen molar-refractivity contribution in [3.05, 3.63) is 60.3 Å². The van der Waals surface area contributed by atoms with Gasteiger partial charge < -0.3 is 25.4 Å².